The molecule has 0 radical (unpaired) electrons. The molecular weight excluding hydrogens is 446 g/mol. The molecule has 0 unspecified atom stereocenters. The van der Waals surface area contributed by atoms with E-state index in [1.807, 2.05) is 19.1 Å². The molecule has 0 amide bonds. The molecule has 3 aromatic rings. The van der Waals surface area contributed by atoms with Crippen LogP contribution in [-0.4, -0.2) is 43.1 Å². The van der Waals surface area contributed by atoms with Crippen LogP contribution in [0.1, 0.15) is 11.1 Å². The number of carbonyl (C=O) groups excluding carboxylic acids is 1. The fourth-order valence-corrected chi connectivity index (χ4v) is 4.30. The number of carbonyl (C=O) groups is 1. The van der Waals surface area contributed by atoms with Crippen molar-refractivity contribution in [1.29, 1.82) is 0 Å². The molecule has 0 aliphatic rings. The van der Waals surface area contributed by atoms with Crippen LogP contribution < -0.4 is 0 Å². The first-order chi connectivity index (χ1) is 15.7. The van der Waals surface area contributed by atoms with E-state index in [9.17, 15) is 23.3 Å². The average molecular weight is 468 g/mol. The zero-order valence-corrected chi connectivity index (χ0v) is 18.7. The number of benzene rings is 3. The van der Waals surface area contributed by atoms with Gasteiger partial charge in [0, 0.05) is 17.7 Å². The summed E-state index contributed by atoms with van der Waals surface area (Å²) in [6.45, 7) is 1.27. The van der Waals surface area contributed by atoms with Gasteiger partial charge in [0.1, 0.15) is 6.54 Å². The van der Waals surface area contributed by atoms with Crippen LogP contribution in [0.3, 0.4) is 0 Å². The van der Waals surface area contributed by atoms with Crippen LogP contribution in [0.4, 0.5) is 11.4 Å². The first-order valence-corrected chi connectivity index (χ1v) is 11.2. The van der Waals surface area contributed by atoms with Crippen LogP contribution in [0.15, 0.2) is 88.8 Å². The van der Waals surface area contributed by atoms with E-state index in [-0.39, 0.29) is 16.4 Å². The van der Waals surface area contributed by atoms with Gasteiger partial charge in [0.25, 0.3) is 15.7 Å². The minimum Gasteiger partial charge on any atom is -0.468 e. The minimum atomic E-state index is -4.35. The molecule has 0 saturated carbocycles. The highest BCUT2D eigenvalue weighted by Gasteiger charge is 2.31. The van der Waals surface area contributed by atoms with Gasteiger partial charge in [-0.15, -0.1) is 0 Å². The molecule has 0 aliphatic heterocycles. The number of aryl methyl sites for hydroxylation is 1. The number of hydrogen-bond acceptors (Lipinski definition) is 7. The highest BCUT2D eigenvalue weighted by atomic mass is 32.2. The Morgan fingerprint density at radius 3 is 2.15 bits per heavy atom. The van der Waals surface area contributed by atoms with Gasteiger partial charge in [-0.3, -0.25) is 14.9 Å². The van der Waals surface area contributed by atoms with Crippen molar-refractivity contribution in [2.24, 2.45) is 4.99 Å². The Morgan fingerprint density at radius 1 is 1.00 bits per heavy atom. The van der Waals surface area contributed by atoms with Crippen molar-refractivity contribution in [1.82, 2.24) is 4.31 Å². The smallest absolute Gasteiger partial charge is 0.326 e. The monoisotopic (exact) mass is 467 g/mol. The van der Waals surface area contributed by atoms with Gasteiger partial charge >= 0.3 is 5.97 Å². The third-order valence-corrected chi connectivity index (χ3v) is 6.42. The molecule has 3 aromatic carbocycles. The summed E-state index contributed by atoms with van der Waals surface area (Å²) in [5.74, 6) is -0.795. The van der Waals surface area contributed by atoms with Crippen molar-refractivity contribution in [3.05, 3.63) is 100 Å². The number of amidine groups is 1. The second kappa shape index (κ2) is 10.0. The summed E-state index contributed by atoms with van der Waals surface area (Å²) in [6, 6.07) is 20.1. The maximum absolute atomic E-state index is 13.6. The number of ether oxygens (including phenoxy) is 1. The van der Waals surface area contributed by atoms with Gasteiger partial charge in [-0.25, -0.2) is 17.7 Å². The van der Waals surface area contributed by atoms with Gasteiger partial charge in [-0.1, -0.05) is 48.0 Å². The number of hydrogen-bond donors (Lipinski definition) is 0. The normalized spacial score (nSPS) is 11.6. The van der Waals surface area contributed by atoms with Crippen molar-refractivity contribution < 1.29 is 22.9 Å². The third kappa shape index (κ3) is 5.60. The number of nitro benzene ring substituents is 1. The summed E-state index contributed by atoms with van der Waals surface area (Å²) in [5, 5.41) is 11.0. The lowest BCUT2D eigenvalue weighted by molar-refractivity contribution is -0.384. The molecule has 0 aromatic heterocycles. The minimum absolute atomic E-state index is 0.00297. The lowest BCUT2D eigenvalue weighted by Crippen LogP contribution is -2.41. The van der Waals surface area contributed by atoms with Gasteiger partial charge in [0.15, 0.2) is 5.84 Å². The van der Waals surface area contributed by atoms with Crippen LogP contribution in [0, 0.1) is 17.0 Å². The molecule has 0 bridgehead atoms. The molecule has 0 aliphatic carbocycles. The molecule has 9 nitrogen and oxygen atoms in total. The Balaban J connectivity index is 2.20. The lowest BCUT2D eigenvalue weighted by atomic mass is 10.2. The van der Waals surface area contributed by atoms with Gasteiger partial charge in [0.2, 0.25) is 0 Å². The maximum Gasteiger partial charge on any atom is 0.326 e. The number of nitrogens with zero attached hydrogens (tertiary/aromatic N) is 3. The summed E-state index contributed by atoms with van der Waals surface area (Å²) in [7, 11) is -3.19. The second-order valence-electron chi connectivity index (χ2n) is 6.98. The molecule has 0 heterocycles. The zero-order chi connectivity index (χ0) is 24.0. The summed E-state index contributed by atoms with van der Waals surface area (Å²) < 4.78 is 32.8. The highest BCUT2D eigenvalue weighted by Crippen LogP contribution is 2.24. The Hall–Kier alpha value is -4.05. The van der Waals surface area contributed by atoms with E-state index in [1.54, 1.807) is 42.5 Å². The van der Waals surface area contributed by atoms with Crippen LogP contribution in [-0.2, 0) is 19.6 Å². The standard InChI is InChI=1S/C23H21N3O6S/c1-17-8-10-19(11-9-17)24-23(18-6-4-3-5-7-18)25(16-22(27)32-2)33(30,31)21-14-12-20(13-15-21)26(28)29/h3-15H,16H2,1-2H3. The predicted octanol–water partition coefficient (Wildman–Crippen LogP) is 3.85. The number of non-ortho nitro benzene ring substituents is 1. The van der Waals surface area contributed by atoms with Crippen LogP contribution in [0.2, 0.25) is 0 Å². The first kappa shape index (κ1) is 23.6. The molecule has 10 heteroatoms. The van der Waals surface area contributed by atoms with Gasteiger partial charge < -0.3 is 4.74 Å². The number of rotatable bonds is 7. The largest absolute Gasteiger partial charge is 0.468 e. The SMILES string of the molecule is COC(=O)CN(C(=Nc1ccc(C)cc1)c1ccccc1)S(=O)(=O)c1ccc([N+](=O)[O-])cc1. The molecule has 0 saturated heterocycles. The van der Waals surface area contributed by atoms with Crippen LogP contribution in [0.25, 0.3) is 0 Å². The lowest BCUT2D eigenvalue weighted by Gasteiger charge is -2.25. The van der Waals surface area contributed by atoms with Gasteiger partial charge in [0.05, 0.1) is 22.6 Å². The summed E-state index contributed by atoms with van der Waals surface area (Å²) in [5.41, 5.74) is 1.67. The van der Waals surface area contributed by atoms with Gasteiger partial charge in [-0.05, 0) is 31.2 Å². The molecule has 0 fully saturated rings. The highest BCUT2D eigenvalue weighted by molar-refractivity contribution is 7.89. The number of nitro groups is 1. The van der Waals surface area contributed by atoms with Crippen LogP contribution in [0.5, 0.6) is 0 Å². The van der Waals surface area contributed by atoms with Crippen molar-refractivity contribution >= 4 is 33.2 Å². The Morgan fingerprint density at radius 2 is 1.61 bits per heavy atom. The Labute approximate surface area is 191 Å². The van der Waals surface area contributed by atoms with E-state index >= 15 is 0 Å². The number of esters is 1. The molecule has 33 heavy (non-hydrogen) atoms. The number of sulfonamides is 1. The molecule has 0 N–H and O–H groups in total. The summed E-state index contributed by atoms with van der Waals surface area (Å²) in [4.78, 5) is 26.9. The quantitative estimate of drug-likeness (QED) is 0.171. The number of methoxy groups -OCH3 is 1. The van der Waals surface area contributed by atoms with E-state index in [2.05, 4.69) is 4.99 Å². The third-order valence-electron chi connectivity index (χ3n) is 4.67. The van der Waals surface area contributed by atoms with E-state index < -0.39 is 27.5 Å². The van der Waals surface area contributed by atoms with E-state index in [4.69, 9.17) is 4.74 Å². The molecule has 0 atom stereocenters. The zero-order valence-electron chi connectivity index (χ0n) is 17.9. The molecular formula is C23H21N3O6S. The van der Waals surface area contributed by atoms with Crippen molar-refractivity contribution in [2.75, 3.05) is 13.7 Å². The van der Waals surface area contributed by atoms with Crippen LogP contribution >= 0.6 is 0 Å². The number of aliphatic imine (C=N–C) groups is 1. The predicted molar refractivity (Wildman–Crippen MR) is 123 cm³/mol. The van der Waals surface area contributed by atoms with E-state index in [1.165, 1.54) is 0 Å². The average Bonchev–Trinajstić information content (AvgIpc) is 2.82. The summed E-state index contributed by atoms with van der Waals surface area (Å²) >= 11 is 0. The first-order valence-electron chi connectivity index (χ1n) is 9.77. The van der Waals surface area contributed by atoms with E-state index in [0.29, 0.717) is 11.3 Å². The molecule has 3 rings (SSSR count). The van der Waals surface area contributed by atoms with Gasteiger partial charge in [-0.2, -0.15) is 0 Å². The van der Waals surface area contributed by atoms with Crippen molar-refractivity contribution in [3.63, 3.8) is 0 Å². The van der Waals surface area contributed by atoms with Crippen molar-refractivity contribution in [3.8, 4) is 0 Å². The molecule has 0 spiro atoms. The topological polar surface area (TPSA) is 119 Å². The molecule has 170 valence electrons. The fourth-order valence-electron chi connectivity index (χ4n) is 2.92. The Kier molecular flexibility index (Phi) is 7.19. The van der Waals surface area contributed by atoms with E-state index in [0.717, 1.165) is 41.2 Å². The fraction of sp³-hybridized carbons (Fsp3) is 0.130. The second-order valence-corrected chi connectivity index (χ2v) is 8.84. The van der Waals surface area contributed by atoms with Crippen molar-refractivity contribution in [2.45, 2.75) is 11.8 Å². The maximum atomic E-state index is 13.6. The Bertz CT molecular complexity index is 1270. The summed E-state index contributed by atoms with van der Waals surface area (Å²) in [6.07, 6.45) is 0.